The number of carbonyl (C=O) groups is 1. The van der Waals surface area contributed by atoms with Gasteiger partial charge in [-0.3, -0.25) is 9.52 Å². The number of aryl methyl sites for hydroxylation is 1. The minimum absolute atomic E-state index is 0.0290. The molecule has 3 rings (SSSR count). The second-order valence-electron chi connectivity index (χ2n) is 6.17. The summed E-state index contributed by atoms with van der Waals surface area (Å²) in [5.41, 5.74) is 0.763. The van der Waals surface area contributed by atoms with Gasteiger partial charge in [0.2, 0.25) is 0 Å². The Bertz CT molecular complexity index is 1180. The van der Waals surface area contributed by atoms with Crippen LogP contribution in [0.4, 0.5) is 20.2 Å². The van der Waals surface area contributed by atoms with Crippen LogP contribution >= 0.6 is 11.6 Å². The minimum Gasteiger partial charge on any atom is -0.322 e. The van der Waals surface area contributed by atoms with Gasteiger partial charge in [-0.1, -0.05) is 17.7 Å². The Morgan fingerprint density at radius 1 is 0.966 bits per heavy atom. The van der Waals surface area contributed by atoms with Crippen LogP contribution in [0.2, 0.25) is 5.02 Å². The summed E-state index contributed by atoms with van der Waals surface area (Å²) in [6.07, 6.45) is 0. The van der Waals surface area contributed by atoms with Gasteiger partial charge in [0.15, 0.2) is 0 Å². The lowest BCUT2D eigenvalue weighted by Crippen LogP contribution is -2.15. The molecular formula is C20H15ClF2N2O3S. The number of sulfonamides is 1. The summed E-state index contributed by atoms with van der Waals surface area (Å²) < 4.78 is 53.9. The van der Waals surface area contributed by atoms with Crippen molar-refractivity contribution in [3.63, 3.8) is 0 Å². The highest BCUT2D eigenvalue weighted by molar-refractivity contribution is 7.92. The molecule has 5 nitrogen and oxygen atoms in total. The van der Waals surface area contributed by atoms with Crippen LogP contribution in [0.15, 0.2) is 65.6 Å². The standard InChI is InChI=1S/C20H15ClF2N2O3S/c1-12-2-6-15(11-18(12)23)24-20(26)13-3-9-17(21)19(10-13)25-29(27,28)16-7-4-14(22)5-8-16/h2-11,25H,1H3,(H,24,26). The van der Waals surface area contributed by atoms with E-state index in [0.29, 0.717) is 5.56 Å². The van der Waals surface area contributed by atoms with Crippen molar-refractivity contribution in [2.24, 2.45) is 0 Å². The SMILES string of the molecule is Cc1ccc(NC(=O)c2ccc(Cl)c(NS(=O)(=O)c3ccc(F)cc3)c2)cc1F. The molecule has 2 N–H and O–H groups in total. The van der Waals surface area contributed by atoms with Gasteiger partial charge in [-0.2, -0.15) is 0 Å². The number of anilines is 2. The molecule has 29 heavy (non-hydrogen) atoms. The Kier molecular flexibility index (Phi) is 5.86. The normalized spacial score (nSPS) is 11.2. The molecule has 0 aromatic heterocycles. The van der Waals surface area contributed by atoms with Crippen molar-refractivity contribution in [1.29, 1.82) is 0 Å². The van der Waals surface area contributed by atoms with Gasteiger partial charge in [0, 0.05) is 11.3 Å². The number of hydrogen-bond donors (Lipinski definition) is 2. The molecule has 0 aliphatic heterocycles. The maximum Gasteiger partial charge on any atom is 0.261 e. The molecule has 0 fully saturated rings. The van der Waals surface area contributed by atoms with Crippen molar-refractivity contribution in [2.45, 2.75) is 11.8 Å². The van der Waals surface area contributed by atoms with Gasteiger partial charge >= 0.3 is 0 Å². The molecule has 3 aromatic rings. The number of nitrogens with one attached hydrogen (secondary N) is 2. The Morgan fingerprint density at radius 3 is 2.31 bits per heavy atom. The van der Waals surface area contributed by atoms with Crippen molar-refractivity contribution in [1.82, 2.24) is 0 Å². The summed E-state index contributed by atoms with van der Waals surface area (Å²) in [6, 6.07) is 12.5. The highest BCUT2D eigenvalue weighted by Gasteiger charge is 2.17. The lowest BCUT2D eigenvalue weighted by atomic mass is 10.1. The third kappa shape index (κ3) is 4.90. The molecular weight excluding hydrogens is 422 g/mol. The van der Waals surface area contributed by atoms with E-state index in [0.717, 1.165) is 24.3 Å². The topological polar surface area (TPSA) is 75.3 Å². The summed E-state index contributed by atoms with van der Waals surface area (Å²) in [6.45, 7) is 1.60. The third-order valence-corrected chi connectivity index (χ3v) is 5.74. The molecule has 3 aromatic carbocycles. The van der Waals surface area contributed by atoms with E-state index < -0.39 is 27.6 Å². The Morgan fingerprint density at radius 2 is 1.66 bits per heavy atom. The van der Waals surface area contributed by atoms with Crippen molar-refractivity contribution >= 4 is 38.9 Å². The van der Waals surface area contributed by atoms with E-state index in [1.165, 1.54) is 30.3 Å². The van der Waals surface area contributed by atoms with Crippen molar-refractivity contribution in [3.05, 3.63) is 88.4 Å². The second-order valence-corrected chi connectivity index (χ2v) is 8.26. The molecule has 0 radical (unpaired) electrons. The molecule has 0 atom stereocenters. The first-order chi connectivity index (χ1) is 13.7. The zero-order chi connectivity index (χ0) is 21.2. The molecule has 0 bridgehead atoms. The van der Waals surface area contributed by atoms with E-state index in [2.05, 4.69) is 10.0 Å². The Hall–Kier alpha value is -2.97. The first kappa shape index (κ1) is 20.8. The Balaban J connectivity index is 1.84. The summed E-state index contributed by atoms with van der Waals surface area (Å²) in [7, 11) is -4.05. The number of halogens is 3. The average Bonchev–Trinajstić information content (AvgIpc) is 2.66. The third-order valence-electron chi connectivity index (χ3n) is 4.03. The van der Waals surface area contributed by atoms with E-state index in [9.17, 15) is 22.0 Å². The summed E-state index contributed by atoms with van der Waals surface area (Å²) >= 11 is 6.05. The van der Waals surface area contributed by atoms with E-state index in [-0.39, 0.29) is 26.9 Å². The van der Waals surface area contributed by atoms with Crippen LogP contribution in [0.5, 0.6) is 0 Å². The van der Waals surface area contributed by atoms with E-state index in [1.54, 1.807) is 13.0 Å². The molecule has 0 saturated heterocycles. The van der Waals surface area contributed by atoms with Gasteiger partial charge in [-0.15, -0.1) is 0 Å². The molecule has 9 heteroatoms. The van der Waals surface area contributed by atoms with Crippen molar-refractivity contribution in [2.75, 3.05) is 10.0 Å². The molecule has 0 aliphatic carbocycles. The fourth-order valence-corrected chi connectivity index (χ4v) is 3.73. The number of carbonyl (C=O) groups excluding carboxylic acids is 1. The van der Waals surface area contributed by atoms with Gasteiger partial charge in [0.05, 0.1) is 15.6 Å². The second kappa shape index (κ2) is 8.18. The largest absolute Gasteiger partial charge is 0.322 e. The quantitative estimate of drug-likeness (QED) is 0.592. The van der Waals surface area contributed by atoms with Crippen LogP contribution in [0.25, 0.3) is 0 Å². The molecule has 0 unspecified atom stereocenters. The molecule has 0 aliphatic rings. The zero-order valence-corrected chi connectivity index (χ0v) is 16.6. The molecule has 150 valence electrons. The van der Waals surface area contributed by atoms with Crippen LogP contribution in [0.1, 0.15) is 15.9 Å². The van der Waals surface area contributed by atoms with Crippen LogP contribution < -0.4 is 10.0 Å². The molecule has 0 saturated carbocycles. The summed E-state index contributed by atoms with van der Waals surface area (Å²) in [4.78, 5) is 12.3. The van der Waals surface area contributed by atoms with E-state index in [4.69, 9.17) is 11.6 Å². The lowest BCUT2D eigenvalue weighted by molar-refractivity contribution is 0.102. The van der Waals surface area contributed by atoms with Crippen LogP contribution in [-0.4, -0.2) is 14.3 Å². The predicted octanol–water partition coefficient (Wildman–Crippen LogP) is 4.98. The number of hydrogen-bond acceptors (Lipinski definition) is 3. The predicted molar refractivity (Wildman–Crippen MR) is 108 cm³/mol. The Labute approximate surface area is 171 Å². The maximum absolute atomic E-state index is 13.7. The average molecular weight is 437 g/mol. The van der Waals surface area contributed by atoms with Gasteiger partial charge in [0.1, 0.15) is 11.6 Å². The van der Waals surface area contributed by atoms with E-state index in [1.807, 2.05) is 0 Å². The van der Waals surface area contributed by atoms with Crippen LogP contribution in [0.3, 0.4) is 0 Å². The number of rotatable bonds is 5. The lowest BCUT2D eigenvalue weighted by Gasteiger charge is -2.12. The monoisotopic (exact) mass is 436 g/mol. The number of benzene rings is 3. The van der Waals surface area contributed by atoms with E-state index >= 15 is 0 Å². The molecule has 1 amide bonds. The van der Waals surface area contributed by atoms with Gasteiger partial charge in [-0.25, -0.2) is 17.2 Å². The van der Waals surface area contributed by atoms with Gasteiger partial charge in [0.25, 0.3) is 15.9 Å². The smallest absolute Gasteiger partial charge is 0.261 e. The highest BCUT2D eigenvalue weighted by atomic mass is 35.5. The van der Waals surface area contributed by atoms with Crippen molar-refractivity contribution in [3.8, 4) is 0 Å². The first-order valence-corrected chi connectivity index (χ1v) is 10.2. The fourth-order valence-electron chi connectivity index (χ4n) is 2.44. The highest BCUT2D eigenvalue weighted by Crippen LogP contribution is 2.26. The van der Waals surface area contributed by atoms with Gasteiger partial charge < -0.3 is 5.32 Å². The molecule has 0 spiro atoms. The number of amides is 1. The van der Waals surface area contributed by atoms with Gasteiger partial charge in [-0.05, 0) is 67.1 Å². The van der Waals surface area contributed by atoms with Crippen molar-refractivity contribution < 1.29 is 22.0 Å². The zero-order valence-electron chi connectivity index (χ0n) is 15.0. The summed E-state index contributed by atoms with van der Waals surface area (Å²) in [5.74, 6) is -1.62. The van der Waals surface area contributed by atoms with Crippen LogP contribution in [-0.2, 0) is 10.0 Å². The van der Waals surface area contributed by atoms with Crippen LogP contribution in [0, 0.1) is 18.6 Å². The minimum atomic E-state index is -4.05. The maximum atomic E-state index is 13.7. The first-order valence-electron chi connectivity index (χ1n) is 8.31. The molecule has 0 heterocycles. The summed E-state index contributed by atoms with van der Waals surface area (Å²) in [5, 5.41) is 2.60. The fraction of sp³-hybridized carbons (Fsp3) is 0.0500.